The van der Waals surface area contributed by atoms with Crippen molar-refractivity contribution < 1.29 is 19.1 Å². The van der Waals surface area contributed by atoms with Gasteiger partial charge in [-0.3, -0.25) is 9.59 Å². The Morgan fingerprint density at radius 2 is 1.41 bits per heavy atom. The summed E-state index contributed by atoms with van der Waals surface area (Å²) in [5.74, 6) is -1.72. The Balaban J connectivity index is 5.59. The van der Waals surface area contributed by atoms with E-state index in [1.54, 1.807) is 19.9 Å². The highest BCUT2D eigenvalue weighted by molar-refractivity contribution is 6.26. The van der Waals surface area contributed by atoms with Crippen LogP contribution in [0.25, 0.3) is 0 Å². The van der Waals surface area contributed by atoms with Gasteiger partial charge in [0.05, 0.1) is 7.11 Å². The Kier molecular flexibility index (Phi) is 6.48. The van der Waals surface area contributed by atoms with Crippen LogP contribution in [0.1, 0.15) is 20.8 Å². The van der Waals surface area contributed by atoms with E-state index in [1.165, 1.54) is 32.3 Å². The van der Waals surface area contributed by atoms with Crippen molar-refractivity contribution in [2.75, 3.05) is 7.11 Å². The summed E-state index contributed by atoms with van der Waals surface area (Å²) in [4.78, 5) is 34.7. The van der Waals surface area contributed by atoms with E-state index in [0.717, 1.165) is 0 Å². The lowest BCUT2D eigenvalue weighted by Crippen LogP contribution is -2.17. The van der Waals surface area contributed by atoms with Crippen LogP contribution >= 0.6 is 0 Å². The second-order valence-corrected chi connectivity index (χ2v) is 3.22. The molecule has 0 aliphatic rings. The van der Waals surface area contributed by atoms with Gasteiger partial charge in [-0.05, 0) is 32.9 Å². The number of carbonyl (C=O) groups is 3. The van der Waals surface area contributed by atoms with Crippen molar-refractivity contribution in [1.82, 2.24) is 0 Å². The zero-order valence-corrected chi connectivity index (χ0v) is 10.4. The van der Waals surface area contributed by atoms with E-state index < -0.39 is 11.8 Å². The summed E-state index contributed by atoms with van der Waals surface area (Å²) < 4.78 is 4.50. The molecule has 0 radical (unpaired) electrons. The molecule has 0 aliphatic carbocycles. The fourth-order valence-corrected chi connectivity index (χ4v) is 1.17. The third-order valence-corrected chi connectivity index (χ3v) is 2.02. The van der Waals surface area contributed by atoms with E-state index >= 15 is 0 Å². The molecule has 0 saturated carbocycles. The number of hydrogen-bond donors (Lipinski definition) is 0. The molecule has 0 aliphatic heterocycles. The summed E-state index contributed by atoms with van der Waals surface area (Å²) in [5, 5.41) is 0. The molecule has 0 spiro atoms. The molecule has 0 aromatic carbocycles. The van der Waals surface area contributed by atoms with Crippen molar-refractivity contribution in [3.05, 3.63) is 35.5 Å². The van der Waals surface area contributed by atoms with Gasteiger partial charge in [0.25, 0.3) is 0 Å². The van der Waals surface area contributed by atoms with Crippen molar-refractivity contribution in [3.8, 4) is 0 Å². The van der Waals surface area contributed by atoms with Crippen LogP contribution < -0.4 is 0 Å². The maximum Gasteiger partial charge on any atom is 0.342 e. The Bertz CT molecular complexity index is 411. The smallest absolute Gasteiger partial charge is 0.342 e. The SMILES string of the molecule is C/C=C/C(=O)/C(C)=C(/C(=O)/C=C/C)C(=O)OC. The van der Waals surface area contributed by atoms with Gasteiger partial charge < -0.3 is 4.74 Å². The Morgan fingerprint density at radius 1 is 0.941 bits per heavy atom. The van der Waals surface area contributed by atoms with Crippen LogP contribution in [0, 0.1) is 0 Å². The standard InChI is InChI=1S/C13H16O4/c1-5-7-10(14)9(3)12(13(16)17-4)11(15)8-6-2/h5-8H,1-4H3/b7-5+,8-6+,12-9-. The summed E-state index contributed by atoms with van der Waals surface area (Å²) >= 11 is 0. The molecule has 0 rings (SSSR count). The largest absolute Gasteiger partial charge is 0.465 e. The number of ketones is 2. The molecular formula is C13H16O4. The predicted molar refractivity (Wildman–Crippen MR) is 64.4 cm³/mol. The van der Waals surface area contributed by atoms with Crippen LogP contribution in [0.2, 0.25) is 0 Å². The molecule has 0 aromatic heterocycles. The molecule has 0 unspecified atom stereocenters. The zero-order valence-electron chi connectivity index (χ0n) is 10.4. The zero-order chi connectivity index (χ0) is 13.4. The topological polar surface area (TPSA) is 60.4 Å². The van der Waals surface area contributed by atoms with Crippen LogP contribution in [-0.2, 0) is 19.1 Å². The second-order valence-electron chi connectivity index (χ2n) is 3.22. The highest BCUT2D eigenvalue weighted by Crippen LogP contribution is 2.10. The molecule has 0 aromatic rings. The van der Waals surface area contributed by atoms with Crippen molar-refractivity contribution in [2.24, 2.45) is 0 Å². The van der Waals surface area contributed by atoms with Gasteiger partial charge in [-0.2, -0.15) is 0 Å². The van der Waals surface area contributed by atoms with E-state index in [1.807, 2.05) is 0 Å². The summed E-state index contributed by atoms with van der Waals surface area (Å²) in [5.41, 5.74) is -0.147. The van der Waals surface area contributed by atoms with Gasteiger partial charge in [-0.1, -0.05) is 12.2 Å². The lowest BCUT2D eigenvalue weighted by atomic mass is 10.0. The highest BCUT2D eigenvalue weighted by Gasteiger charge is 2.22. The van der Waals surface area contributed by atoms with Crippen molar-refractivity contribution in [3.63, 3.8) is 0 Å². The van der Waals surface area contributed by atoms with E-state index in [2.05, 4.69) is 4.74 Å². The molecule has 0 atom stereocenters. The maximum absolute atomic E-state index is 11.7. The van der Waals surface area contributed by atoms with Gasteiger partial charge in [0.15, 0.2) is 11.6 Å². The molecule has 17 heavy (non-hydrogen) atoms. The summed E-state index contributed by atoms with van der Waals surface area (Å²) in [6.45, 7) is 4.75. The third kappa shape index (κ3) is 4.18. The van der Waals surface area contributed by atoms with Crippen LogP contribution in [-0.4, -0.2) is 24.6 Å². The number of carbonyl (C=O) groups excluding carboxylic acids is 3. The minimum atomic E-state index is -0.802. The van der Waals surface area contributed by atoms with Gasteiger partial charge in [0.2, 0.25) is 0 Å². The number of hydrogen-bond acceptors (Lipinski definition) is 4. The average Bonchev–Trinajstić information content (AvgIpc) is 2.29. The molecule has 0 saturated heterocycles. The quantitative estimate of drug-likeness (QED) is 0.316. The molecule has 92 valence electrons. The first-order chi connectivity index (χ1) is 7.99. The molecule has 4 nitrogen and oxygen atoms in total. The molecular weight excluding hydrogens is 220 g/mol. The lowest BCUT2D eigenvalue weighted by molar-refractivity contribution is -0.137. The summed E-state index contributed by atoms with van der Waals surface area (Å²) in [6, 6.07) is 0. The second kappa shape index (κ2) is 7.33. The van der Waals surface area contributed by atoms with Gasteiger partial charge in [0, 0.05) is 5.57 Å². The van der Waals surface area contributed by atoms with Gasteiger partial charge in [0.1, 0.15) is 5.57 Å². The first kappa shape index (κ1) is 15.0. The number of esters is 1. The predicted octanol–water partition coefficient (Wildman–Crippen LogP) is 1.77. The number of ether oxygens (including phenoxy) is 1. The first-order valence-corrected chi connectivity index (χ1v) is 5.12. The fourth-order valence-electron chi connectivity index (χ4n) is 1.17. The Morgan fingerprint density at radius 3 is 1.82 bits per heavy atom. The molecule has 0 amide bonds. The van der Waals surface area contributed by atoms with Gasteiger partial charge in [-0.15, -0.1) is 0 Å². The average molecular weight is 236 g/mol. The Labute approximate surface area is 101 Å². The normalized spacial score (nSPS) is 12.7. The van der Waals surface area contributed by atoms with E-state index in [0.29, 0.717) is 0 Å². The van der Waals surface area contributed by atoms with Crippen LogP contribution in [0.4, 0.5) is 0 Å². The molecule has 0 bridgehead atoms. The molecule has 0 fully saturated rings. The van der Waals surface area contributed by atoms with Crippen LogP contribution in [0.5, 0.6) is 0 Å². The molecule has 0 N–H and O–H groups in total. The Hall–Kier alpha value is -1.97. The van der Waals surface area contributed by atoms with Gasteiger partial charge >= 0.3 is 5.97 Å². The first-order valence-electron chi connectivity index (χ1n) is 5.12. The van der Waals surface area contributed by atoms with Crippen molar-refractivity contribution >= 4 is 17.5 Å². The summed E-state index contributed by atoms with van der Waals surface area (Å²) in [6.07, 6.45) is 5.56. The van der Waals surface area contributed by atoms with Crippen LogP contribution in [0.3, 0.4) is 0 Å². The van der Waals surface area contributed by atoms with Gasteiger partial charge in [-0.25, -0.2) is 4.79 Å². The summed E-state index contributed by atoms with van der Waals surface area (Å²) in [7, 11) is 1.17. The number of allylic oxidation sites excluding steroid dienone is 5. The fraction of sp³-hybridized carbons (Fsp3) is 0.308. The van der Waals surface area contributed by atoms with E-state index in [4.69, 9.17) is 0 Å². The van der Waals surface area contributed by atoms with E-state index in [9.17, 15) is 14.4 Å². The van der Waals surface area contributed by atoms with Crippen molar-refractivity contribution in [1.29, 1.82) is 0 Å². The van der Waals surface area contributed by atoms with Crippen LogP contribution in [0.15, 0.2) is 35.5 Å². The minimum Gasteiger partial charge on any atom is -0.465 e. The molecule has 0 heterocycles. The van der Waals surface area contributed by atoms with Crippen molar-refractivity contribution in [2.45, 2.75) is 20.8 Å². The lowest BCUT2D eigenvalue weighted by Gasteiger charge is -2.05. The molecule has 4 heteroatoms. The maximum atomic E-state index is 11.7. The number of methoxy groups -OCH3 is 1. The van der Waals surface area contributed by atoms with E-state index in [-0.39, 0.29) is 16.9 Å². The highest BCUT2D eigenvalue weighted by atomic mass is 16.5. The number of rotatable bonds is 5. The third-order valence-electron chi connectivity index (χ3n) is 2.02. The monoisotopic (exact) mass is 236 g/mol. The minimum absolute atomic E-state index is 0.0815.